The van der Waals surface area contributed by atoms with Crippen LogP contribution < -0.4 is 10.1 Å². The third kappa shape index (κ3) is 4.74. The first-order chi connectivity index (χ1) is 10.2. The second-order valence-electron chi connectivity index (χ2n) is 5.57. The Bertz CT molecular complexity index is 456. The van der Waals surface area contributed by atoms with Gasteiger partial charge in [0.15, 0.2) is 6.10 Å². The first-order valence-corrected chi connectivity index (χ1v) is 7.96. The number of hydrogen-bond donors (Lipinski definition) is 1. The Morgan fingerprint density at radius 3 is 2.81 bits per heavy atom. The standard InChI is InChI=1S/C17H26N2O2/c1-3-18-13-15-8-7-9-16(12-15)21-14(2)17(20)19-10-5-4-6-11-19/h7-9,12,14,18H,3-6,10-11,13H2,1-2H3. The van der Waals surface area contributed by atoms with Gasteiger partial charge in [0.1, 0.15) is 5.75 Å². The molecule has 1 aromatic rings. The minimum atomic E-state index is -0.419. The zero-order valence-electron chi connectivity index (χ0n) is 13.1. The molecule has 21 heavy (non-hydrogen) atoms. The fourth-order valence-corrected chi connectivity index (χ4v) is 2.62. The number of ether oxygens (including phenoxy) is 1. The average molecular weight is 290 g/mol. The molecule has 116 valence electrons. The van der Waals surface area contributed by atoms with Gasteiger partial charge in [0.05, 0.1) is 0 Å². The molecule has 1 saturated heterocycles. The molecule has 0 saturated carbocycles. The first-order valence-electron chi connectivity index (χ1n) is 7.96. The summed E-state index contributed by atoms with van der Waals surface area (Å²) in [6, 6.07) is 7.95. The number of nitrogens with one attached hydrogen (secondary N) is 1. The molecule has 4 nitrogen and oxygen atoms in total. The molecule has 1 amide bonds. The summed E-state index contributed by atoms with van der Waals surface area (Å²) in [5.74, 6) is 0.870. The molecule has 1 heterocycles. The van der Waals surface area contributed by atoms with Crippen molar-refractivity contribution in [2.75, 3.05) is 19.6 Å². The topological polar surface area (TPSA) is 41.6 Å². The van der Waals surface area contributed by atoms with E-state index in [1.54, 1.807) is 0 Å². The fourth-order valence-electron chi connectivity index (χ4n) is 2.62. The van der Waals surface area contributed by atoms with E-state index in [0.717, 1.165) is 44.8 Å². The molecular weight excluding hydrogens is 264 g/mol. The molecule has 4 heteroatoms. The van der Waals surface area contributed by atoms with Crippen LogP contribution in [0.25, 0.3) is 0 Å². The minimum Gasteiger partial charge on any atom is -0.481 e. The lowest BCUT2D eigenvalue weighted by molar-refractivity contribution is -0.138. The number of rotatable bonds is 6. The van der Waals surface area contributed by atoms with Crippen LogP contribution in [0.1, 0.15) is 38.7 Å². The second-order valence-corrected chi connectivity index (χ2v) is 5.57. The van der Waals surface area contributed by atoms with Gasteiger partial charge >= 0.3 is 0 Å². The smallest absolute Gasteiger partial charge is 0.263 e. The number of amides is 1. The average Bonchev–Trinajstić information content (AvgIpc) is 2.53. The number of carbonyl (C=O) groups is 1. The molecule has 1 atom stereocenters. The number of piperidine rings is 1. The van der Waals surface area contributed by atoms with E-state index in [9.17, 15) is 4.79 Å². The number of benzene rings is 1. The molecule has 1 aliphatic heterocycles. The monoisotopic (exact) mass is 290 g/mol. The molecule has 1 aromatic carbocycles. The van der Waals surface area contributed by atoms with Crippen molar-refractivity contribution in [1.29, 1.82) is 0 Å². The zero-order chi connectivity index (χ0) is 15.1. The molecule has 0 bridgehead atoms. The molecule has 1 N–H and O–H groups in total. The van der Waals surface area contributed by atoms with E-state index in [4.69, 9.17) is 4.74 Å². The molecular formula is C17H26N2O2. The summed E-state index contributed by atoms with van der Waals surface area (Å²) < 4.78 is 5.83. The van der Waals surface area contributed by atoms with Gasteiger partial charge < -0.3 is 15.0 Å². The molecule has 0 spiro atoms. The van der Waals surface area contributed by atoms with E-state index >= 15 is 0 Å². The number of hydrogen-bond acceptors (Lipinski definition) is 3. The van der Waals surface area contributed by atoms with Crippen LogP contribution in [0.5, 0.6) is 5.75 Å². The van der Waals surface area contributed by atoms with Crippen molar-refractivity contribution in [1.82, 2.24) is 10.2 Å². The summed E-state index contributed by atoms with van der Waals surface area (Å²) in [4.78, 5) is 14.3. The highest BCUT2D eigenvalue weighted by atomic mass is 16.5. The van der Waals surface area contributed by atoms with Crippen molar-refractivity contribution < 1.29 is 9.53 Å². The molecule has 0 aliphatic carbocycles. The summed E-state index contributed by atoms with van der Waals surface area (Å²) in [6.45, 7) is 7.42. The number of nitrogens with zero attached hydrogens (tertiary/aromatic N) is 1. The van der Waals surface area contributed by atoms with E-state index in [1.165, 1.54) is 12.0 Å². The summed E-state index contributed by atoms with van der Waals surface area (Å²) in [7, 11) is 0. The highest BCUT2D eigenvalue weighted by Crippen LogP contribution is 2.17. The highest BCUT2D eigenvalue weighted by Gasteiger charge is 2.23. The Morgan fingerprint density at radius 2 is 2.10 bits per heavy atom. The van der Waals surface area contributed by atoms with Crippen LogP contribution in [-0.4, -0.2) is 36.5 Å². The maximum absolute atomic E-state index is 12.3. The van der Waals surface area contributed by atoms with Gasteiger partial charge in [-0.3, -0.25) is 4.79 Å². The molecule has 1 unspecified atom stereocenters. The van der Waals surface area contributed by atoms with E-state index in [0.29, 0.717) is 0 Å². The predicted octanol–water partition coefficient (Wildman–Crippen LogP) is 2.58. The number of likely N-dealkylation sites (tertiary alicyclic amines) is 1. The van der Waals surface area contributed by atoms with Gasteiger partial charge in [-0.05, 0) is 50.4 Å². The van der Waals surface area contributed by atoms with Crippen LogP contribution in [0.4, 0.5) is 0 Å². The maximum atomic E-state index is 12.3. The van der Waals surface area contributed by atoms with Gasteiger partial charge in [-0.25, -0.2) is 0 Å². The van der Waals surface area contributed by atoms with E-state index in [-0.39, 0.29) is 5.91 Å². The second kappa shape index (κ2) is 8.03. The van der Waals surface area contributed by atoms with Crippen LogP contribution in [0.2, 0.25) is 0 Å². The lowest BCUT2D eigenvalue weighted by Crippen LogP contribution is -2.43. The van der Waals surface area contributed by atoms with Crippen LogP contribution in [0.15, 0.2) is 24.3 Å². The van der Waals surface area contributed by atoms with Gasteiger partial charge in [0.2, 0.25) is 0 Å². The molecule has 2 rings (SSSR count). The molecule has 0 radical (unpaired) electrons. The Hall–Kier alpha value is -1.55. The van der Waals surface area contributed by atoms with Crippen molar-refractivity contribution in [2.24, 2.45) is 0 Å². The molecule has 1 fully saturated rings. The molecule has 0 aromatic heterocycles. The van der Waals surface area contributed by atoms with Gasteiger partial charge in [-0.2, -0.15) is 0 Å². The Balaban J connectivity index is 1.91. The third-order valence-corrected chi connectivity index (χ3v) is 3.81. The van der Waals surface area contributed by atoms with Gasteiger partial charge in [-0.15, -0.1) is 0 Å². The fraction of sp³-hybridized carbons (Fsp3) is 0.588. The van der Waals surface area contributed by atoms with Crippen molar-refractivity contribution >= 4 is 5.91 Å². The van der Waals surface area contributed by atoms with Gasteiger partial charge in [0.25, 0.3) is 5.91 Å². The Labute approximate surface area is 127 Å². The quantitative estimate of drug-likeness (QED) is 0.875. The van der Waals surface area contributed by atoms with Gasteiger partial charge in [0, 0.05) is 19.6 Å². The van der Waals surface area contributed by atoms with Crippen molar-refractivity contribution in [3.8, 4) is 5.75 Å². The lowest BCUT2D eigenvalue weighted by Gasteiger charge is -2.29. The van der Waals surface area contributed by atoms with E-state index < -0.39 is 6.10 Å². The minimum absolute atomic E-state index is 0.104. The third-order valence-electron chi connectivity index (χ3n) is 3.81. The van der Waals surface area contributed by atoms with Crippen LogP contribution in [0.3, 0.4) is 0 Å². The summed E-state index contributed by atoms with van der Waals surface area (Å²) >= 11 is 0. The maximum Gasteiger partial charge on any atom is 0.263 e. The van der Waals surface area contributed by atoms with Crippen molar-refractivity contribution in [3.05, 3.63) is 29.8 Å². The van der Waals surface area contributed by atoms with E-state index in [1.807, 2.05) is 30.0 Å². The van der Waals surface area contributed by atoms with Crippen molar-refractivity contribution in [2.45, 2.75) is 45.8 Å². The SMILES string of the molecule is CCNCc1cccc(OC(C)C(=O)N2CCCCC2)c1. The predicted molar refractivity (Wildman–Crippen MR) is 84.3 cm³/mol. The summed E-state index contributed by atoms with van der Waals surface area (Å²) in [5.41, 5.74) is 1.17. The first kappa shape index (κ1) is 15.8. The van der Waals surface area contributed by atoms with Crippen LogP contribution in [0, 0.1) is 0 Å². The largest absolute Gasteiger partial charge is 0.481 e. The van der Waals surface area contributed by atoms with Crippen LogP contribution in [-0.2, 0) is 11.3 Å². The van der Waals surface area contributed by atoms with Gasteiger partial charge in [-0.1, -0.05) is 19.1 Å². The zero-order valence-corrected chi connectivity index (χ0v) is 13.1. The number of carbonyl (C=O) groups excluding carboxylic acids is 1. The van der Waals surface area contributed by atoms with Crippen LogP contribution >= 0.6 is 0 Å². The lowest BCUT2D eigenvalue weighted by atomic mass is 10.1. The normalized spacial score (nSPS) is 16.6. The highest BCUT2D eigenvalue weighted by molar-refractivity contribution is 5.81. The summed E-state index contributed by atoms with van der Waals surface area (Å²) in [5, 5.41) is 3.29. The van der Waals surface area contributed by atoms with E-state index in [2.05, 4.69) is 18.3 Å². The molecule has 1 aliphatic rings. The summed E-state index contributed by atoms with van der Waals surface area (Å²) in [6.07, 6.45) is 3.02. The Kier molecular flexibility index (Phi) is 6.05. The Morgan fingerprint density at radius 1 is 1.33 bits per heavy atom. The van der Waals surface area contributed by atoms with Crippen molar-refractivity contribution in [3.63, 3.8) is 0 Å².